The van der Waals surface area contributed by atoms with Gasteiger partial charge in [-0.1, -0.05) is 32.9 Å². The van der Waals surface area contributed by atoms with Crippen molar-refractivity contribution in [1.29, 1.82) is 0 Å². The highest BCUT2D eigenvalue weighted by atomic mass is 32.2. The second-order valence-corrected chi connectivity index (χ2v) is 6.93. The normalized spacial score (nSPS) is 11.6. The molecule has 0 aliphatic heterocycles. The van der Waals surface area contributed by atoms with E-state index in [0.717, 1.165) is 19.6 Å². The topological polar surface area (TPSA) is 66.5 Å². The van der Waals surface area contributed by atoms with Crippen molar-refractivity contribution < 1.29 is 13.2 Å². The molecule has 0 aromatic heterocycles. The van der Waals surface area contributed by atoms with E-state index in [0.29, 0.717) is 6.54 Å². The average Bonchev–Trinajstić information content (AvgIpc) is 2.51. The molecular weight excluding hydrogens is 288 g/mol. The molecule has 0 atom stereocenters. The van der Waals surface area contributed by atoms with Crippen LogP contribution in [-0.4, -0.2) is 51.2 Å². The van der Waals surface area contributed by atoms with Crippen LogP contribution in [-0.2, 0) is 9.84 Å². The number of hydrogen-bond acceptors (Lipinski definition) is 4. The molecule has 0 bridgehead atoms. The summed E-state index contributed by atoms with van der Waals surface area (Å²) in [4.78, 5) is 14.5. The number of rotatable bonds is 8. The Hall–Kier alpha value is -1.40. The van der Waals surface area contributed by atoms with Crippen LogP contribution < -0.4 is 5.32 Å². The molecule has 1 N–H and O–H groups in total. The van der Waals surface area contributed by atoms with Crippen LogP contribution in [0, 0.1) is 0 Å². The van der Waals surface area contributed by atoms with Crippen LogP contribution in [0.2, 0.25) is 0 Å². The fourth-order valence-electron chi connectivity index (χ4n) is 2.04. The first-order valence-electron chi connectivity index (χ1n) is 7.28. The molecule has 21 heavy (non-hydrogen) atoms. The van der Waals surface area contributed by atoms with Crippen LogP contribution in [0.25, 0.3) is 0 Å². The van der Waals surface area contributed by atoms with Crippen molar-refractivity contribution in [3.05, 3.63) is 29.8 Å². The minimum absolute atomic E-state index is 0.0171. The minimum atomic E-state index is -3.40. The minimum Gasteiger partial charge on any atom is -0.351 e. The Balaban J connectivity index is 2.80. The predicted octanol–water partition coefficient (Wildman–Crippen LogP) is 1.55. The van der Waals surface area contributed by atoms with E-state index in [9.17, 15) is 13.2 Å². The molecule has 0 radical (unpaired) electrons. The van der Waals surface area contributed by atoms with Gasteiger partial charge in [-0.05, 0) is 25.2 Å². The summed E-state index contributed by atoms with van der Waals surface area (Å²) in [6.07, 6.45) is 0. The third-order valence-electron chi connectivity index (χ3n) is 3.45. The van der Waals surface area contributed by atoms with Crippen LogP contribution >= 0.6 is 0 Å². The largest absolute Gasteiger partial charge is 0.351 e. The lowest BCUT2D eigenvalue weighted by molar-refractivity contribution is 0.0945. The summed E-state index contributed by atoms with van der Waals surface area (Å²) in [6.45, 7) is 8.80. The second kappa shape index (κ2) is 8.14. The van der Waals surface area contributed by atoms with E-state index < -0.39 is 9.84 Å². The van der Waals surface area contributed by atoms with Crippen LogP contribution in [0.1, 0.15) is 31.1 Å². The van der Waals surface area contributed by atoms with Crippen LogP contribution in [0.4, 0.5) is 0 Å². The third kappa shape index (κ3) is 4.82. The summed E-state index contributed by atoms with van der Waals surface area (Å²) < 4.78 is 24.0. The van der Waals surface area contributed by atoms with Gasteiger partial charge in [-0.25, -0.2) is 8.42 Å². The number of sulfone groups is 1. The first-order chi connectivity index (χ1) is 9.96. The van der Waals surface area contributed by atoms with Crippen molar-refractivity contribution in [1.82, 2.24) is 10.2 Å². The zero-order valence-electron chi connectivity index (χ0n) is 12.9. The first-order valence-corrected chi connectivity index (χ1v) is 8.93. The lowest BCUT2D eigenvalue weighted by atomic mass is 10.2. The SMILES string of the molecule is CCN(CC)CCNC(=O)c1ccccc1S(=O)(=O)CC. The highest BCUT2D eigenvalue weighted by Crippen LogP contribution is 2.16. The molecule has 1 aromatic rings. The maximum Gasteiger partial charge on any atom is 0.252 e. The zero-order valence-corrected chi connectivity index (χ0v) is 13.7. The van der Waals surface area contributed by atoms with Gasteiger partial charge in [-0.2, -0.15) is 0 Å². The summed E-state index contributed by atoms with van der Waals surface area (Å²) >= 11 is 0. The van der Waals surface area contributed by atoms with E-state index in [-0.39, 0.29) is 22.1 Å². The number of nitrogens with zero attached hydrogens (tertiary/aromatic N) is 1. The quantitative estimate of drug-likeness (QED) is 0.791. The molecule has 118 valence electrons. The van der Waals surface area contributed by atoms with E-state index in [4.69, 9.17) is 0 Å². The van der Waals surface area contributed by atoms with Crippen molar-refractivity contribution in [3.63, 3.8) is 0 Å². The number of nitrogens with one attached hydrogen (secondary N) is 1. The molecule has 0 unspecified atom stereocenters. The second-order valence-electron chi connectivity index (χ2n) is 4.68. The Labute approximate surface area is 127 Å². The molecule has 1 amide bonds. The van der Waals surface area contributed by atoms with Crippen molar-refractivity contribution in [2.24, 2.45) is 0 Å². The standard InChI is InChI=1S/C15H24N2O3S/c1-4-17(5-2)12-11-16-15(18)13-9-7-8-10-14(13)21(19,20)6-3/h7-10H,4-6,11-12H2,1-3H3,(H,16,18). The van der Waals surface area contributed by atoms with Gasteiger partial charge in [0.1, 0.15) is 0 Å². The molecule has 0 spiro atoms. The number of hydrogen-bond donors (Lipinski definition) is 1. The van der Waals surface area contributed by atoms with E-state index in [2.05, 4.69) is 24.1 Å². The smallest absolute Gasteiger partial charge is 0.252 e. The summed E-state index contributed by atoms with van der Waals surface area (Å²) in [5.41, 5.74) is 0.221. The Morgan fingerprint density at radius 3 is 2.33 bits per heavy atom. The highest BCUT2D eigenvalue weighted by Gasteiger charge is 2.20. The number of carbonyl (C=O) groups excluding carboxylic acids is 1. The molecule has 0 heterocycles. The van der Waals surface area contributed by atoms with Gasteiger partial charge in [0.25, 0.3) is 5.91 Å². The summed E-state index contributed by atoms with van der Waals surface area (Å²) in [5, 5.41) is 2.79. The van der Waals surface area contributed by atoms with E-state index in [1.807, 2.05) is 0 Å². The van der Waals surface area contributed by atoms with Gasteiger partial charge in [0.05, 0.1) is 16.2 Å². The molecule has 0 aliphatic rings. The Bertz CT molecular complexity index is 566. The van der Waals surface area contributed by atoms with Gasteiger partial charge in [-0.3, -0.25) is 4.79 Å². The Kier molecular flexibility index (Phi) is 6.84. The van der Waals surface area contributed by atoms with Gasteiger partial charge in [0, 0.05) is 13.1 Å². The number of carbonyl (C=O) groups is 1. The maximum atomic E-state index is 12.2. The Morgan fingerprint density at radius 1 is 1.14 bits per heavy atom. The van der Waals surface area contributed by atoms with Gasteiger partial charge >= 0.3 is 0 Å². The summed E-state index contributed by atoms with van der Waals surface area (Å²) in [7, 11) is -3.40. The van der Waals surface area contributed by atoms with Gasteiger partial charge in [0.2, 0.25) is 0 Å². The monoisotopic (exact) mass is 312 g/mol. The van der Waals surface area contributed by atoms with Crippen molar-refractivity contribution >= 4 is 15.7 Å². The molecule has 5 nitrogen and oxygen atoms in total. The molecular formula is C15H24N2O3S. The lowest BCUT2D eigenvalue weighted by Crippen LogP contribution is -2.35. The van der Waals surface area contributed by atoms with Crippen molar-refractivity contribution in [2.75, 3.05) is 31.9 Å². The highest BCUT2D eigenvalue weighted by molar-refractivity contribution is 7.91. The van der Waals surface area contributed by atoms with Crippen LogP contribution in [0.3, 0.4) is 0 Å². The van der Waals surface area contributed by atoms with Gasteiger partial charge < -0.3 is 10.2 Å². The van der Waals surface area contributed by atoms with Gasteiger partial charge in [-0.15, -0.1) is 0 Å². The van der Waals surface area contributed by atoms with Gasteiger partial charge in [0.15, 0.2) is 9.84 Å². The number of likely N-dealkylation sites (N-methyl/N-ethyl adjacent to an activating group) is 1. The molecule has 0 saturated carbocycles. The summed E-state index contributed by atoms with van der Waals surface area (Å²) in [5.74, 6) is -0.355. The summed E-state index contributed by atoms with van der Waals surface area (Å²) in [6, 6.07) is 6.34. The molecule has 1 aromatic carbocycles. The lowest BCUT2D eigenvalue weighted by Gasteiger charge is -2.18. The zero-order chi connectivity index (χ0) is 15.9. The maximum absolute atomic E-state index is 12.2. The number of amides is 1. The Morgan fingerprint density at radius 2 is 1.76 bits per heavy atom. The molecule has 0 aliphatic carbocycles. The van der Waals surface area contributed by atoms with Crippen LogP contribution in [0.5, 0.6) is 0 Å². The van der Waals surface area contributed by atoms with Crippen molar-refractivity contribution in [2.45, 2.75) is 25.7 Å². The fraction of sp³-hybridized carbons (Fsp3) is 0.533. The molecule has 0 fully saturated rings. The molecule has 6 heteroatoms. The third-order valence-corrected chi connectivity index (χ3v) is 5.24. The number of benzene rings is 1. The predicted molar refractivity (Wildman–Crippen MR) is 84.3 cm³/mol. The molecule has 1 rings (SSSR count). The fourth-order valence-corrected chi connectivity index (χ4v) is 3.14. The van der Waals surface area contributed by atoms with Crippen molar-refractivity contribution in [3.8, 4) is 0 Å². The first kappa shape index (κ1) is 17.7. The van der Waals surface area contributed by atoms with E-state index >= 15 is 0 Å². The molecule has 0 saturated heterocycles. The average molecular weight is 312 g/mol. The van der Waals surface area contributed by atoms with Crippen LogP contribution in [0.15, 0.2) is 29.2 Å². The van der Waals surface area contributed by atoms with E-state index in [1.165, 1.54) is 6.07 Å². The van der Waals surface area contributed by atoms with E-state index in [1.54, 1.807) is 25.1 Å².